The summed E-state index contributed by atoms with van der Waals surface area (Å²) in [5, 5.41) is 2.97. The minimum Gasteiger partial charge on any atom is -0.484 e. The fraction of sp³-hybridized carbons (Fsp3) is 0.462. The van der Waals surface area contributed by atoms with Crippen molar-refractivity contribution >= 4 is 27.5 Å². The summed E-state index contributed by atoms with van der Waals surface area (Å²) in [5.41, 5.74) is 6.29. The number of anilines is 1. The number of ether oxygens (including phenoxy) is 1. The van der Waals surface area contributed by atoms with Crippen LogP contribution in [0.2, 0.25) is 0 Å². The SMILES string of the molecule is Nc1cc(Br)cc(OCC(=O)NC2CCCC2)c1. The zero-order valence-electron chi connectivity index (χ0n) is 10.1. The Morgan fingerprint density at radius 1 is 1.39 bits per heavy atom. The summed E-state index contributed by atoms with van der Waals surface area (Å²) >= 11 is 3.33. The number of amides is 1. The molecule has 0 heterocycles. The fourth-order valence-corrected chi connectivity index (χ4v) is 2.65. The van der Waals surface area contributed by atoms with Crippen LogP contribution in [0.1, 0.15) is 25.7 Å². The number of nitrogens with one attached hydrogen (secondary N) is 1. The van der Waals surface area contributed by atoms with Gasteiger partial charge in [-0.15, -0.1) is 0 Å². The highest BCUT2D eigenvalue weighted by Crippen LogP contribution is 2.22. The normalized spacial score (nSPS) is 15.6. The van der Waals surface area contributed by atoms with Crippen molar-refractivity contribution in [2.24, 2.45) is 0 Å². The van der Waals surface area contributed by atoms with Gasteiger partial charge in [0.05, 0.1) is 0 Å². The molecule has 4 nitrogen and oxygen atoms in total. The number of benzene rings is 1. The Kier molecular flexibility index (Phi) is 4.47. The van der Waals surface area contributed by atoms with E-state index < -0.39 is 0 Å². The smallest absolute Gasteiger partial charge is 0.258 e. The minimum atomic E-state index is -0.0690. The van der Waals surface area contributed by atoms with Crippen molar-refractivity contribution in [1.82, 2.24) is 5.32 Å². The monoisotopic (exact) mass is 312 g/mol. The van der Waals surface area contributed by atoms with Gasteiger partial charge in [-0.2, -0.15) is 0 Å². The number of halogens is 1. The van der Waals surface area contributed by atoms with Gasteiger partial charge in [0.15, 0.2) is 6.61 Å². The number of nitrogens with two attached hydrogens (primary N) is 1. The van der Waals surface area contributed by atoms with Crippen LogP contribution in [0.25, 0.3) is 0 Å². The zero-order chi connectivity index (χ0) is 13.0. The van der Waals surface area contributed by atoms with Gasteiger partial charge in [-0.3, -0.25) is 4.79 Å². The molecule has 2 rings (SSSR count). The highest BCUT2D eigenvalue weighted by atomic mass is 79.9. The molecule has 1 amide bonds. The molecule has 0 aliphatic heterocycles. The van der Waals surface area contributed by atoms with Crippen LogP contribution in [0.3, 0.4) is 0 Å². The highest BCUT2D eigenvalue weighted by Gasteiger charge is 2.17. The first-order chi connectivity index (χ1) is 8.63. The second-order valence-electron chi connectivity index (χ2n) is 4.56. The van der Waals surface area contributed by atoms with E-state index in [0.29, 0.717) is 17.5 Å². The number of carbonyl (C=O) groups is 1. The molecule has 98 valence electrons. The first-order valence-electron chi connectivity index (χ1n) is 6.12. The van der Waals surface area contributed by atoms with Crippen molar-refractivity contribution in [3.8, 4) is 5.75 Å². The van der Waals surface area contributed by atoms with Crippen LogP contribution < -0.4 is 15.8 Å². The molecule has 1 fully saturated rings. The van der Waals surface area contributed by atoms with Crippen LogP contribution in [0.5, 0.6) is 5.75 Å². The van der Waals surface area contributed by atoms with Crippen LogP contribution in [0.4, 0.5) is 5.69 Å². The predicted molar refractivity (Wildman–Crippen MR) is 74.4 cm³/mol. The van der Waals surface area contributed by atoms with Gasteiger partial charge >= 0.3 is 0 Å². The van der Waals surface area contributed by atoms with E-state index in [4.69, 9.17) is 10.5 Å². The lowest BCUT2D eigenvalue weighted by Crippen LogP contribution is -2.36. The molecule has 1 aliphatic rings. The Labute approximate surface area is 115 Å². The van der Waals surface area contributed by atoms with E-state index in [9.17, 15) is 4.79 Å². The minimum absolute atomic E-state index is 0.0341. The van der Waals surface area contributed by atoms with Crippen molar-refractivity contribution < 1.29 is 9.53 Å². The third-order valence-corrected chi connectivity index (χ3v) is 3.44. The molecule has 1 aliphatic carbocycles. The molecule has 1 saturated carbocycles. The third-order valence-electron chi connectivity index (χ3n) is 2.98. The lowest BCUT2D eigenvalue weighted by Gasteiger charge is -2.12. The molecule has 18 heavy (non-hydrogen) atoms. The van der Waals surface area contributed by atoms with Gasteiger partial charge in [-0.25, -0.2) is 0 Å². The highest BCUT2D eigenvalue weighted by molar-refractivity contribution is 9.10. The molecule has 0 spiro atoms. The number of hydrogen-bond acceptors (Lipinski definition) is 3. The van der Waals surface area contributed by atoms with Crippen LogP contribution in [-0.4, -0.2) is 18.6 Å². The molecule has 0 radical (unpaired) electrons. The van der Waals surface area contributed by atoms with Crippen LogP contribution in [0, 0.1) is 0 Å². The van der Waals surface area contributed by atoms with E-state index in [1.165, 1.54) is 12.8 Å². The quantitative estimate of drug-likeness (QED) is 0.839. The standard InChI is InChI=1S/C13H17BrN2O2/c14-9-5-10(15)7-12(6-9)18-8-13(17)16-11-3-1-2-4-11/h5-7,11H,1-4,8,15H2,(H,16,17). The number of hydrogen-bond donors (Lipinski definition) is 2. The van der Waals surface area contributed by atoms with E-state index in [-0.39, 0.29) is 12.5 Å². The maximum atomic E-state index is 11.7. The van der Waals surface area contributed by atoms with Gasteiger partial charge in [-0.1, -0.05) is 28.8 Å². The van der Waals surface area contributed by atoms with Crippen molar-refractivity contribution in [3.63, 3.8) is 0 Å². The Morgan fingerprint density at radius 3 is 2.78 bits per heavy atom. The van der Waals surface area contributed by atoms with E-state index >= 15 is 0 Å². The summed E-state index contributed by atoms with van der Waals surface area (Å²) in [7, 11) is 0. The van der Waals surface area contributed by atoms with E-state index in [1.54, 1.807) is 18.2 Å². The summed E-state index contributed by atoms with van der Waals surface area (Å²) in [6.45, 7) is 0.0341. The van der Waals surface area contributed by atoms with Gasteiger partial charge in [-0.05, 0) is 25.0 Å². The first-order valence-corrected chi connectivity index (χ1v) is 6.91. The fourth-order valence-electron chi connectivity index (χ4n) is 2.16. The largest absolute Gasteiger partial charge is 0.484 e. The third kappa shape index (κ3) is 3.91. The molecule has 5 heteroatoms. The molecule has 1 aromatic rings. The van der Waals surface area contributed by atoms with Crippen LogP contribution >= 0.6 is 15.9 Å². The van der Waals surface area contributed by atoms with Gasteiger partial charge in [0, 0.05) is 22.3 Å². The lowest BCUT2D eigenvalue weighted by atomic mass is 10.2. The van der Waals surface area contributed by atoms with E-state index in [1.807, 2.05) is 0 Å². The first kappa shape index (κ1) is 13.2. The summed E-state index contributed by atoms with van der Waals surface area (Å²) in [5.74, 6) is 0.531. The second kappa shape index (κ2) is 6.09. The molecule has 0 unspecified atom stereocenters. The topological polar surface area (TPSA) is 64.3 Å². The van der Waals surface area contributed by atoms with E-state index in [0.717, 1.165) is 17.3 Å². The molecule has 0 bridgehead atoms. The summed E-state index contributed by atoms with van der Waals surface area (Å²) < 4.78 is 6.26. The summed E-state index contributed by atoms with van der Waals surface area (Å²) in [4.78, 5) is 11.7. The van der Waals surface area contributed by atoms with Crippen molar-refractivity contribution in [3.05, 3.63) is 22.7 Å². The molecule has 0 aromatic heterocycles. The van der Waals surface area contributed by atoms with Gasteiger partial charge in [0.1, 0.15) is 5.75 Å². The van der Waals surface area contributed by atoms with Crippen LogP contribution in [0.15, 0.2) is 22.7 Å². The van der Waals surface area contributed by atoms with E-state index in [2.05, 4.69) is 21.2 Å². The lowest BCUT2D eigenvalue weighted by molar-refractivity contribution is -0.123. The molecule has 1 aromatic carbocycles. The Bertz CT molecular complexity index is 411. The van der Waals surface area contributed by atoms with Gasteiger partial charge in [0.25, 0.3) is 5.91 Å². The summed E-state index contributed by atoms with van der Waals surface area (Å²) in [6.07, 6.45) is 4.56. The predicted octanol–water partition coefficient (Wildman–Crippen LogP) is 2.47. The maximum Gasteiger partial charge on any atom is 0.258 e. The molecule has 3 N–H and O–H groups in total. The Balaban J connectivity index is 1.81. The molecular formula is C13H17BrN2O2. The molecule has 0 saturated heterocycles. The average molecular weight is 313 g/mol. The maximum absolute atomic E-state index is 11.7. The van der Waals surface area contributed by atoms with Crippen molar-refractivity contribution in [2.75, 3.05) is 12.3 Å². The second-order valence-corrected chi connectivity index (χ2v) is 5.47. The van der Waals surface area contributed by atoms with Crippen molar-refractivity contribution in [2.45, 2.75) is 31.7 Å². The number of rotatable bonds is 4. The number of carbonyl (C=O) groups excluding carboxylic acids is 1. The van der Waals surface area contributed by atoms with Gasteiger partial charge < -0.3 is 15.8 Å². The van der Waals surface area contributed by atoms with Crippen molar-refractivity contribution in [1.29, 1.82) is 0 Å². The zero-order valence-corrected chi connectivity index (χ0v) is 11.7. The van der Waals surface area contributed by atoms with Gasteiger partial charge in [0.2, 0.25) is 0 Å². The number of nitrogen functional groups attached to an aromatic ring is 1. The molecule has 0 atom stereocenters. The summed E-state index contributed by atoms with van der Waals surface area (Å²) in [6, 6.07) is 5.60. The van der Waals surface area contributed by atoms with Crippen LogP contribution in [-0.2, 0) is 4.79 Å². The Hall–Kier alpha value is -1.23. The molecular weight excluding hydrogens is 296 g/mol. The average Bonchev–Trinajstić information content (AvgIpc) is 2.78. The Morgan fingerprint density at radius 2 is 2.11 bits per heavy atom.